The third-order valence-electron chi connectivity index (χ3n) is 4.74. The zero-order valence-electron chi connectivity index (χ0n) is 12.1. The fourth-order valence-electron chi connectivity index (χ4n) is 3.75. The maximum Gasteiger partial charge on any atom is 0.0949 e. The van der Waals surface area contributed by atoms with E-state index in [-0.39, 0.29) is 5.60 Å². The average molecular weight is 287 g/mol. The first-order valence-corrected chi connectivity index (χ1v) is 7.68. The molecule has 1 spiro atoms. The van der Waals surface area contributed by atoms with E-state index in [9.17, 15) is 0 Å². The number of likely N-dealkylation sites (tertiary alicyclic amines) is 1. The van der Waals surface area contributed by atoms with Crippen LogP contribution in [-0.2, 0) is 11.3 Å². The predicted molar refractivity (Wildman–Crippen MR) is 77.8 cm³/mol. The quantitative estimate of drug-likeness (QED) is 0.870. The Kier molecular flexibility index (Phi) is 3.31. The van der Waals surface area contributed by atoms with E-state index >= 15 is 0 Å². The number of nitrogens with zero attached hydrogens (tertiary/aromatic N) is 3. The first-order valence-electron chi connectivity index (χ1n) is 7.68. The highest BCUT2D eigenvalue weighted by Crippen LogP contribution is 2.39. The van der Waals surface area contributed by atoms with Gasteiger partial charge in [-0.15, -0.1) is 0 Å². The van der Waals surface area contributed by atoms with Gasteiger partial charge in [0.25, 0.3) is 0 Å². The van der Waals surface area contributed by atoms with E-state index in [0.29, 0.717) is 6.04 Å². The van der Waals surface area contributed by atoms with Crippen LogP contribution in [-0.4, -0.2) is 39.7 Å². The molecule has 2 aromatic heterocycles. The largest absolute Gasteiger partial charge is 0.472 e. The molecule has 2 fully saturated rings. The molecule has 2 aliphatic heterocycles. The Morgan fingerprint density at radius 2 is 2.43 bits per heavy atom. The van der Waals surface area contributed by atoms with Crippen molar-refractivity contribution in [3.05, 3.63) is 42.9 Å². The van der Waals surface area contributed by atoms with Crippen molar-refractivity contribution >= 4 is 0 Å². The number of aromatic nitrogens is 2. The second-order valence-corrected chi connectivity index (χ2v) is 6.31. The summed E-state index contributed by atoms with van der Waals surface area (Å²) in [7, 11) is 0. The van der Waals surface area contributed by atoms with Gasteiger partial charge in [-0.1, -0.05) is 0 Å². The highest BCUT2D eigenvalue weighted by molar-refractivity contribution is 5.06. The Labute approximate surface area is 124 Å². The van der Waals surface area contributed by atoms with Gasteiger partial charge < -0.3 is 13.7 Å². The Balaban J connectivity index is 1.43. The normalized spacial score (nSPS) is 30.2. The minimum absolute atomic E-state index is 0.0247. The first-order chi connectivity index (χ1) is 10.3. The molecule has 0 saturated carbocycles. The Hall–Kier alpha value is -1.59. The summed E-state index contributed by atoms with van der Waals surface area (Å²) in [6, 6.07) is 2.48. The van der Waals surface area contributed by atoms with Crippen LogP contribution in [0.25, 0.3) is 0 Å². The third kappa shape index (κ3) is 2.63. The lowest BCUT2D eigenvalue weighted by atomic mass is 9.88. The molecule has 0 radical (unpaired) electrons. The van der Waals surface area contributed by atoms with E-state index in [0.717, 1.165) is 32.7 Å². The summed E-state index contributed by atoms with van der Waals surface area (Å²) in [4.78, 5) is 6.64. The van der Waals surface area contributed by atoms with Crippen molar-refractivity contribution in [1.82, 2.24) is 14.5 Å². The Bertz CT molecular complexity index is 566. The number of hydrogen-bond acceptors (Lipinski definition) is 4. The summed E-state index contributed by atoms with van der Waals surface area (Å²) >= 11 is 0. The molecule has 2 saturated heterocycles. The van der Waals surface area contributed by atoms with E-state index in [1.807, 2.05) is 31.1 Å². The summed E-state index contributed by atoms with van der Waals surface area (Å²) in [6.45, 7) is 3.92. The molecule has 2 unspecified atom stereocenters. The molecular formula is C16H21N3O2. The lowest BCUT2D eigenvalue weighted by molar-refractivity contribution is -0.0535. The van der Waals surface area contributed by atoms with Crippen molar-refractivity contribution in [1.29, 1.82) is 0 Å². The van der Waals surface area contributed by atoms with Gasteiger partial charge in [0.1, 0.15) is 0 Å². The van der Waals surface area contributed by atoms with Crippen molar-refractivity contribution in [2.75, 3.05) is 19.7 Å². The minimum Gasteiger partial charge on any atom is -0.472 e. The van der Waals surface area contributed by atoms with Crippen LogP contribution in [0.3, 0.4) is 0 Å². The molecule has 21 heavy (non-hydrogen) atoms. The summed E-state index contributed by atoms with van der Waals surface area (Å²) < 4.78 is 13.6. The van der Waals surface area contributed by atoms with Gasteiger partial charge in [0.05, 0.1) is 37.1 Å². The lowest BCUT2D eigenvalue weighted by Crippen LogP contribution is -2.47. The topological polar surface area (TPSA) is 43.4 Å². The monoisotopic (exact) mass is 287 g/mol. The fraction of sp³-hybridized carbons (Fsp3) is 0.562. The maximum absolute atomic E-state index is 6.25. The molecule has 0 aliphatic carbocycles. The van der Waals surface area contributed by atoms with Gasteiger partial charge >= 0.3 is 0 Å². The molecule has 2 aliphatic rings. The van der Waals surface area contributed by atoms with Crippen molar-refractivity contribution in [2.24, 2.45) is 0 Å². The smallest absolute Gasteiger partial charge is 0.0949 e. The van der Waals surface area contributed by atoms with Gasteiger partial charge in [0.2, 0.25) is 0 Å². The van der Waals surface area contributed by atoms with Crippen LogP contribution < -0.4 is 0 Å². The second kappa shape index (κ2) is 5.31. The molecule has 4 heterocycles. The number of piperidine rings is 1. The van der Waals surface area contributed by atoms with Gasteiger partial charge in [-0.25, -0.2) is 4.98 Å². The third-order valence-corrected chi connectivity index (χ3v) is 4.74. The zero-order chi connectivity index (χ0) is 14.1. The van der Waals surface area contributed by atoms with Crippen molar-refractivity contribution in [3.8, 4) is 0 Å². The molecule has 5 heteroatoms. The minimum atomic E-state index is 0.0247. The van der Waals surface area contributed by atoms with Crippen LogP contribution >= 0.6 is 0 Å². The SMILES string of the molecule is c1cn(C2COC3(CCCN(Cc4ccoc4)C3)C2)cn1. The molecule has 0 N–H and O–H groups in total. The molecule has 0 aromatic carbocycles. The second-order valence-electron chi connectivity index (χ2n) is 6.31. The summed E-state index contributed by atoms with van der Waals surface area (Å²) in [5, 5.41) is 0. The Morgan fingerprint density at radius 1 is 1.43 bits per heavy atom. The predicted octanol–water partition coefficient (Wildman–Crippen LogP) is 2.47. The van der Waals surface area contributed by atoms with Crippen LogP contribution in [0.15, 0.2) is 41.7 Å². The molecular weight excluding hydrogens is 266 g/mol. The van der Waals surface area contributed by atoms with Crippen LogP contribution in [0.5, 0.6) is 0 Å². The summed E-state index contributed by atoms with van der Waals surface area (Å²) in [5.41, 5.74) is 1.27. The average Bonchev–Trinajstić information content (AvgIpc) is 3.20. The van der Waals surface area contributed by atoms with Crippen LogP contribution in [0.2, 0.25) is 0 Å². The molecule has 2 atom stereocenters. The van der Waals surface area contributed by atoms with E-state index in [4.69, 9.17) is 9.15 Å². The van der Waals surface area contributed by atoms with Crippen LogP contribution in [0.4, 0.5) is 0 Å². The summed E-state index contributed by atoms with van der Waals surface area (Å²) in [6.07, 6.45) is 12.8. The number of imidazole rings is 1. The van der Waals surface area contributed by atoms with Crippen LogP contribution in [0, 0.1) is 0 Å². The first kappa shape index (κ1) is 13.1. The molecule has 0 amide bonds. The molecule has 4 rings (SSSR count). The van der Waals surface area contributed by atoms with Gasteiger partial charge in [-0.2, -0.15) is 0 Å². The standard InChI is InChI=1S/C16H21N3O2/c1-3-16(8-15(11-21-16)19-6-4-17-13-19)12-18(5-1)9-14-2-7-20-10-14/h2,4,6-7,10,13,15H,1,3,5,8-9,11-12H2. The fourth-order valence-corrected chi connectivity index (χ4v) is 3.75. The lowest BCUT2D eigenvalue weighted by Gasteiger charge is -2.39. The summed E-state index contributed by atoms with van der Waals surface area (Å²) in [5.74, 6) is 0. The maximum atomic E-state index is 6.25. The van der Waals surface area contributed by atoms with E-state index in [1.165, 1.54) is 18.4 Å². The molecule has 2 aromatic rings. The molecule has 0 bridgehead atoms. The van der Waals surface area contributed by atoms with Crippen molar-refractivity contribution in [2.45, 2.75) is 37.5 Å². The van der Waals surface area contributed by atoms with E-state index in [2.05, 4.69) is 14.5 Å². The van der Waals surface area contributed by atoms with Crippen molar-refractivity contribution < 1.29 is 9.15 Å². The van der Waals surface area contributed by atoms with Crippen molar-refractivity contribution in [3.63, 3.8) is 0 Å². The van der Waals surface area contributed by atoms with Gasteiger partial charge in [-0.3, -0.25) is 4.90 Å². The number of ether oxygens (including phenoxy) is 1. The molecule has 5 nitrogen and oxygen atoms in total. The highest BCUT2D eigenvalue weighted by Gasteiger charge is 2.43. The number of rotatable bonds is 3. The number of hydrogen-bond donors (Lipinski definition) is 0. The van der Waals surface area contributed by atoms with Gasteiger partial charge in [0.15, 0.2) is 0 Å². The Morgan fingerprint density at radius 3 is 3.24 bits per heavy atom. The van der Waals surface area contributed by atoms with Gasteiger partial charge in [-0.05, 0) is 25.5 Å². The zero-order valence-corrected chi connectivity index (χ0v) is 12.1. The van der Waals surface area contributed by atoms with E-state index in [1.54, 1.807) is 6.26 Å². The van der Waals surface area contributed by atoms with E-state index < -0.39 is 0 Å². The van der Waals surface area contributed by atoms with Crippen LogP contribution in [0.1, 0.15) is 30.9 Å². The highest BCUT2D eigenvalue weighted by atomic mass is 16.5. The number of furan rings is 1. The molecule has 112 valence electrons. The van der Waals surface area contributed by atoms with Gasteiger partial charge in [0, 0.05) is 37.5 Å².